The average Bonchev–Trinajstić information content (AvgIpc) is 3.07. The van der Waals surface area contributed by atoms with Crippen LogP contribution in [0.3, 0.4) is 0 Å². The fourth-order valence-electron chi connectivity index (χ4n) is 4.31. The lowest BCUT2D eigenvalue weighted by atomic mass is 9.85. The number of piperidine rings is 1. The Morgan fingerprint density at radius 3 is 2.83 bits per heavy atom. The number of likely N-dealkylation sites (tertiary alicyclic amines) is 1. The number of thiophene rings is 1. The van der Waals surface area contributed by atoms with Gasteiger partial charge in [0, 0.05) is 24.0 Å². The monoisotopic (exact) mass is 334 g/mol. The van der Waals surface area contributed by atoms with Gasteiger partial charge < -0.3 is 15.0 Å². The molecule has 2 aliphatic heterocycles. The van der Waals surface area contributed by atoms with Crippen molar-refractivity contribution in [3.8, 4) is 0 Å². The van der Waals surface area contributed by atoms with Crippen LogP contribution >= 0.6 is 11.3 Å². The molecule has 2 amide bonds. The summed E-state index contributed by atoms with van der Waals surface area (Å²) in [6.45, 7) is 2.42. The fourth-order valence-corrected chi connectivity index (χ4v) is 5.48. The second-order valence-corrected chi connectivity index (χ2v) is 8.06. The van der Waals surface area contributed by atoms with Gasteiger partial charge in [-0.1, -0.05) is 19.3 Å². The van der Waals surface area contributed by atoms with Crippen LogP contribution in [0.15, 0.2) is 11.4 Å². The van der Waals surface area contributed by atoms with Crippen molar-refractivity contribution in [2.75, 3.05) is 19.7 Å². The Morgan fingerprint density at radius 1 is 1.26 bits per heavy atom. The minimum absolute atomic E-state index is 0.122. The molecule has 0 atom stereocenters. The Balaban J connectivity index is 1.37. The summed E-state index contributed by atoms with van der Waals surface area (Å²) in [5.41, 5.74) is 1.34. The summed E-state index contributed by atoms with van der Waals surface area (Å²) in [7, 11) is 0. The van der Waals surface area contributed by atoms with Crippen LogP contribution in [0.4, 0.5) is 4.79 Å². The van der Waals surface area contributed by atoms with Crippen LogP contribution in [0.5, 0.6) is 0 Å². The van der Waals surface area contributed by atoms with Crippen LogP contribution in [-0.2, 0) is 16.8 Å². The summed E-state index contributed by atoms with van der Waals surface area (Å²) in [6, 6.07) is 2.77. The van der Waals surface area contributed by atoms with Crippen molar-refractivity contribution in [3.63, 3.8) is 0 Å². The van der Waals surface area contributed by atoms with Gasteiger partial charge in [0.25, 0.3) is 0 Å². The second-order valence-electron chi connectivity index (χ2n) is 7.14. The molecule has 23 heavy (non-hydrogen) atoms. The van der Waals surface area contributed by atoms with Gasteiger partial charge in [-0.15, -0.1) is 11.3 Å². The van der Waals surface area contributed by atoms with Crippen LogP contribution in [-0.4, -0.2) is 36.7 Å². The number of carbonyl (C=O) groups is 1. The van der Waals surface area contributed by atoms with Crippen molar-refractivity contribution in [1.29, 1.82) is 0 Å². The predicted octanol–water partition coefficient (Wildman–Crippen LogP) is 3.65. The number of nitrogens with one attached hydrogen (secondary N) is 1. The molecule has 1 saturated heterocycles. The van der Waals surface area contributed by atoms with E-state index in [1.807, 2.05) is 16.2 Å². The molecule has 4 nitrogen and oxygen atoms in total. The summed E-state index contributed by atoms with van der Waals surface area (Å²) < 4.78 is 6.22. The van der Waals surface area contributed by atoms with Crippen molar-refractivity contribution < 1.29 is 9.53 Å². The molecule has 1 N–H and O–H groups in total. The molecular weight excluding hydrogens is 308 g/mol. The Hall–Kier alpha value is -1.07. The highest BCUT2D eigenvalue weighted by Crippen LogP contribution is 2.44. The second kappa shape index (κ2) is 6.44. The van der Waals surface area contributed by atoms with Crippen LogP contribution in [0.2, 0.25) is 0 Å². The van der Waals surface area contributed by atoms with Gasteiger partial charge in [-0.05, 0) is 49.1 Å². The number of rotatable bonds is 1. The van der Waals surface area contributed by atoms with E-state index in [0.29, 0.717) is 6.04 Å². The first-order valence-corrected chi connectivity index (χ1v) is 9.91. The highest BCUT2D eigenvalue weighted by molar-refractivity contribution is 7.10. The van der Waals surface area contributed by atoms with E-state index in [0.717, 1.165) is 51.8 Å². The van der Waals surface area contributed by atoms with Gasteiger partial charge in [0.05, 0.1) is 6.61 Å². The molecule has 126 valence electrons. The van der Waals surface area contributed by atoms with Crippen LogP contribution in [0, 0.1) is 0 Å². The number of amides is 2. The zero-order valence-electron chi connectivity index (χ0n) is 13.7. The van der Waals surface area contributed by atoms with Crippen molar-refractivity contribution in [1.82, 2.24) is 10.2 Å². The highest BCUT2D eigenvalue weighted by atomic mass is 32.1. The molecule has 0 aromatic carbocycles. The summed E-state index contributed by atoms with van der Waals surface area (Å²) in [6.07, 6.45) is 9.01. The molecule has 4 rings (SSSR count). The number of hydrogen-bond donors (Lipinski definition) is 1. The van der Waals surface area contributed by atoms with E-state index in [-0.39, 0.29) is 11.6 Å². The van der Waals surface area contributed by atoms with Crippen LogP contribution in [0.25, 0.3) is 0 Å². The molecule has 1 spiro atoms. The Morgan fingerprint density at radius 2 is 2.04 bits per heavy atom. The number of urea groups is 1. The maximum atomic E-state index is 12.5. The number of ether oxygens (including phenoxy) is 1. The summed E-state index contributed by atoms with van der Waals surface area (Å²) in [5, 5.41) is 5.43. The standard InChI is InChI=1S/C18H26N2O2S/c21-17(19-15-4-2-1-3-5-15)20-10-8-18(9-11-20)16-14(6-12-22-18)7-13-23-16/h7,13,15H,1-6,8-12H2,(H,19,21). The van der Waals surface area contributed by atoms with Gasteiger partial charge in [-0.25, -0.2) is 4.79 Å². The molecule has 2 fully saturated rings. The first-order valence-electron chi connectivity index (χ1n) is 9.03. The SMILES string of the molecule is O=C(NC1CCCCC1)N1CCC2(CC1)OCCc1ccsc12. The molecule has 1 aromatic heterocycles. The van der Waals surface area contributed by atoms with Gasteiger partial charge in [-0.2, -0.15) is 0 Å². The van der Waals surface area contributed by atoms with Gasteiger partial charge in [0.15, 0.2) is 0 Å². The van der Waals surface area contributed by atoms with E-state index in [9.17, 15) is 4.79 Å². The summed E-state index contributed by atoms with van der Waals surface area (Å²) in [5.74, 6) is 0. The minimum Gasteiger partial charge on any atom is -0.369 e. The normalized spacial score (nSPS) is 24.4. The first-order chi connectivity index (χ1) is 11.3. The van der Waals surface area contributed by atoms with Crippen molar-refractivity contribution in [2.24, 2.45) is 0 Å². The summed E-state index contributed by atoms with van der Waals surface area (Å²) >= 11 is 1.82. The van der Waals surface area contributed by atoms with Gasteiger partial charge in [-0.3, -0.25) is 0 Å². The van der Waals surface area contributed by atoms with Crippen molar-refractivity contribution >= 4 is 17.4 Å². The molecule has 5 heteroatoms. The Labute approximate surface area is 142 Å². The maximum Gasteiger partial charge on any atom is 0.317 e. The third-order valence-electron chi connectivity index (χ3n) is 5.70. The third kappa shape index (κ3) is 3.01. The van der Waals surface area contributed by atoms with E-state index >= 15 is 0 Å². The lowest BCUT2D eigenvalue weighted by Gasteiger charge is -2.44. The lowest BCUT2D eigenvalue weighted by Crippen LogP contribution is -2.52. The zero-order valence-corrected chi connectivity index (χ0v) is 14.5. The van der Waals surface area contributed by atoms with Crippen LogP contribution in [0.1, 0.15) is 55.4 Å². The molecule has 1 aromatic rings. The topological polar surface area (TPSA) is 41.6 Å². The fraction of sp³-hybridized carbons (Fsp3) is 0.722. The third-order valence-corrected chi connectivity index (χ3v) is 6.84. The predicted molar refractivity (Wildman–Crippen MR) is 91.9 cm³/mol. The number of nitrogens with zero attached hydrogens (tertiary/aromatic N) is 1. The molecule has 0 bridgehead atoms. The molecule has 1 saturated carbocycles. The largest absolute Gasteiger partial charge is 0.369 e. The molecule has 0 radical (unpaired) electrons. The minimum atomic E-state index is -0.122. The summed E-state index contributed by atoms with van der Waals surface area (Å²) in [4.78, 5) is 15.9. The molecule has 0 unspecified atom stereocenters. The molecule has 1 aliphatic carbocycles. The smallest absolute Gasteiger partial charge is 0.317 e. The van der Waals surface area contributed by atoms with E-state index in [2.05, 4.69) is 16.8 Å². The number of fused-ring (bicyclic) bond motifs is 2. The van der Waals surface area contributed by atoms with Gasteiger partial charge in [0.1, 0.15) is 5.60 Å². The van der Waals surface area contributed by atoms with E-state index in [1.165, 1.54) is 29.7 Å². The van der Waals surface area contributed by atoms with Crippen molar-refractivity contribution in [2.45, 2.75) is 63.0 Å². The van der Waals surface area contributed by atoms with E-state index in [4.69, 9.17) is 4.74 Å². The Kier molecular flexibility index (Phi) is 4.33. The van der Waals surface area contributed by atoms with Crippen LogP contribution < -0.4 is 5.32 Å². The quantitative estimate of drug-likeness (QED) is 0.852. The first kappa shape index (κ1) is 15.5. The highest BCUT2D eigenvalue weighted by Gasteiger charge is 2.42. The maximum absolute atomic E-state index is 12.5. The van der Waals surface area contributed by atoms with E-state index in [1.54, 1.807) is 0 Å². The molecule has 3 aliphatic rings. The lowest BCUT2D eigenvalue weighted by molar-refractivity contribution is -0.0897. The number of hydrogen-bond acceptors (Lipinski definition) is 3. The molecular formula is C18H26N2O2S. The van der Waals surface area contributed by atoms with Gasteiger partial charge in [0.2, 0.25) is 0 Å². The molecule has 3 heterocycles. The zero-order chi connectivity index (χ0) is 15.7. The number of carbonyl (C=O) groups excluding carboxylic acids is 1. The average molecular weight is 334 g/mol. The van der Waals surface area contributed by atoms with Gasteiger partial charge >= 0.3 is 6.03 Å². The van der Waals surface area contributed by atoms with Crippen molar-refractivity contribution in [3.05, 3.63) is 21.9 Å². The Bertz CT molecular complexity index is 557. The van der Waals surface area contributed by atoms with E-state index < -0.39 is 0 Å².